The molecule has 14 heavy (non-hydrogen) atoms. The molecule has 0 aromatic carbocycles. The summed E-state index contributed by atoms with van der Waals surface area (Å²) in [6.45, 7) is 6.08. The standard InChI is InChI=1S/C11H19NO2/c1-3-9-11(2,6-10(13)12-9)8-4-5-14-7-8/h8-9H,3-7H2,1-2H3,(H,12,13). The van der Waals surface area contributed by atoms with Crippen molar-refractivity contribution >= 4 is 5.91 Å². The lowest BCUT2D eigenvalue weighted by Gasteiger charge is -2.34. The fourth-order valence-corrected chi connectivity index (χ4v) is 2.93. The summed E-state index contributed by atoms with van der Waals surface area (Å²) in [5, 5.41) is 3.08. The molecule has 3 unspecified atom stereocenters. The fourth-order valence-electron chi connectivity index (χ4n) is 2.93. The summed E-state index contributed by atoms with van der Waals surface area (Å²) in [7, 11) is 0. The zero-order valence-corrected chi connectivity index (χ0v) is 9.01. The van der Waals surface area contributed by atoms with Crippen LogP contribution in [0.3, 0.4) is 0 Å². The molecule has 2 rings (SSSR count). The zero-order chi connectivity index (χ0) is 10.2. The highest BCUT2D eigenvalue weighted by atomic mass is 16.5. The number of hydrogen-bond donors (Lipinski definition) is 1. The maximum atomic E-state index is 11.4. The van der Waals surface area contributed by atoms with Crippen LogP contribution in [0.15, 0.2) is 0 Å². The van der Waals surface area contributed by atoms with Gasteiger partial charge in [-0.2, -0.15) is 0 Å². The molecule has 2 fully saturated rings. The number of hydrogen-bond acceptors (Lipinski definition) is 2. The van der Waals surface area contributed by atoms with Crippen molar-refractivity contribution in [2.24, 2.45) is 11.3 Å². The number of amides is 1. The normalized spacial score (nSPS) is 42.9. The molecule has 0 aliphatic carbocycles. The van der Waals surface area contributed by atoms with Gasteiger partial charge in [0.2, 0.25) is 5.91 Å². The quantitative estimate of drug-likeness (QED) is 0.725. The lowest BCUT2D eigenvalue weighted by atomic mass is 9.70. The first-order chi connectivity index (χ1) is 6.66. The maximum absolute atomic E-state index is 11.4. The third-order valence-corrected chi connectivity index (χ3v) is 3.94. The molecular formula is C11H19NO2. The zero-order valence-electron chi connectivity index (χ0n) is 9.01. The minimum atomic E-state index is 0.127. The maximum Gasteiger partial charge on any atom is 0.220 e. The SMILES string of the molecule is CCC1NC(=O)CC1(C)C1CCOC1. The van der Waals surface area contributed by atoms with Crippen molar-refractivity contribution in [1.29, 1.82) is 0 Å². The van der Waals surface area contributed by atoms with Gasteiger partial charge in [0.15, 0.2) is 0 Å². The lowest BCUT2D eigenvalue weighted by molar-refractivity contribution is -0.119. The Morgan fingerprint density at radius 2 is 2.43 bits per heavy atom. The largest absolute Gasteiger partial charge is 0.381 e. The van der Waals surface area contributed by atoms with Crippen LogP contribution in [0.1, 0.15) is 33.1 Å². The van der Waals surface area contributed by atoms with Gasteiger partial charge in [-0.3, -0.25) is 4.79 Å². The molecule has 3 atom stereocenters. The highest BCUT2D eigenvalue weighted by molar-refractivity contribution is 5.80. The Bertz CT molecular complexity index is 235. The molecule has 0 spiro atoms. The first-order valence-corrected chi connectivity index (χ1v) is 5.54. The molecule has 2 heterocycles. The molecule has 2 aliphatic rings. The average Bonchev–Trinajstić information content (AvgIpc) is 2.73. The summed E-state index contributed by atoms with van der Waals surface area (Å²) in [5.74, 6) is 0.776. The first-order valence-electron chi connectivity index (χ1n) is 5.54. The summed E-state index contributed by atoms with van der Waals surface area (Å²) in [4.78, 5) is 11.4. The van der Waals surface area contributed by atoms with Gasteiger partial charge in [0.25, 0.3) is 0 Å². The molecule has 3 nitrogen and oxygen atoms in total. The van der Waals surface area contributed by atoms with Crippen LogP contribution in [0.4, 0.5) is 0 Å². The fraction of sp³-hybridized carbons (Fsp3) is 0.909. The Hall–Kier alpha value is -0.570. The van der Waals surface area contributed by atoms with Gasteiger partial charge in [0.1, 0.15) is 0 Å². The van der Waals surface area contributed by atoms with Crippen molar-refractivity contribution in [2.75, 3.05) is 13.2 Å². The topological polar surface area (TPSA) is 38.3 Å². The Kier molecular flexibility index (Phi) is 2.52. The van der Waals surface area contributed by atoms with E-state index in [0.717, 1.165) is 26.1 Å². The third kappa shape index (κ3) is 1.44. The highest BCUT2D eigenvalue weighted by Gasteiger charge is 2.48. The van der Waals surface area contributed by atoms with Crippen molar-refractivity contribution in [2.45, 2.75) is 39.2 Å². The smallest absolute Gasteiger partial charge is 0.220 e. The van der Waals surface area contributed by atoms with Crippen LogP contribution in [0, 0.1) is 11.3 Å². The van der Waals surface area contributed by atoms with Gasteiger partial charge < -0.3 is 10.1 Å². The molecular weight excluding hydrogens is 178 g/mol. The number of ether oxygens (including phenoxy) is 1. The summed E-state index contributed by atoms with van der Waals surface area (Å²) in [6.07, 6.45) is 2.82. The van der Waals surface area contributed by atoms with Gasteiger partial charge in [-0.1, -0.05) is 13.8 Å². The van der Waals surface area contributed by atoms with Gasteiger partial charge in [-0.25, -0.2) is 0 Å². The Balaban J connectivity index is 2.15. The van der Waals surface area contributed by atoms with Gasteiger partial charge in [-0.05, 0) is 18.8 Å². The Morgan fingerprint density at radius 3 is 3.00 bits per heavy atom. The average molecular weight is 197 g/mol. The molecule has 3 heteroatoms. The Morgan fingerprint density at radius 1 is 1.64 bits per heavy atom. The van der Waals surface area contributed by atoms with Crippen molar-refractivity contribution < 1.29 is 9.53 Å². The molecule has 2 aliphatic heterocycles. The second-order valence-electron chi connectivity index (χ2n) is 4.77. The van der Waals surface area contributed by atoms with Crippen LogP contribution >= 0.6 is 0 Å². The second kappa shape index (κ2) is 3.54. The van der Waals surface area contributed by atoms with Crippen molar-refractivity contribution in [3.05, 3.63) is 0 Å². The van der Waals surface area contributed by atoms with Crippen LogP contribution < -0.4 is 5.32 Å². The number of carbonyl (C=O) groups excluding carboxylic acids is 1. The number of carbonyl (C=O) groups is 1. The van der Waals surface area contributed by atoms with E-state index in [1.807, 2.05) is 0 Å². The molecule has 0 bridgehead atoms. The predicted molar refractivity (Wildman–Crippen MR) is 53.9 cm³/mol. The van der Waals surface area contributed by atoms with Crippen LogP contribution in [0.2, 0.25) is 0 Å². The minimum Gasteiger partial charge on any atom is -0.381 e. The van der Waals surface area contributed by atoms with E-state index >= 15 is 0 Å². The number of nitrogens with one attached hydrogen (secondary N) is 1. The summed E-state index contributed by atoms with van der Waals surface area (Å²) in [5.41, 5.74) is 0.127. The van der Waals surface area contributed by atoms with E-state index < -0.39 is 0 Å². The molecule has 0 saturated carbocycles. The van der Waals surface area contributed by atoms with Crippen LogP contribution in [0.5, 0.6) is 0 Å². The molecule has 0 radical (unpaired) electrons. The predicted octanol–water partition coefficient (Wildman–Crippen LogP) is 1.33. The van der Waals surface area contributed by atoms with E-state index in [1.54, 1.807) is 0 Å². The van der Waals surface area contributed by atoms with Crippen molar-refractivity contribution in [3.8, 4) is 0 Å². The summed E-state index contributed by atoms with van der Waals surface area (Å²) >= 11 is 0. The van der Waals surface area contributed by atoms with Crippen LogP contribution in [-0.2, 0) is 9.53 Å². The molecule has 80 valence electrons. The van der Waals surface area contributed by atoms with E-state index in [2.05, 4.69) is 19.2 Å². The van der Waals surface area contributed by atoms with Gasteiger partial charge in [0, 0.05) is 24.5 Å². The van der Waals surface area contributed by atoms with Crippen LogP contribution in [0.25, 0.3) is 0 Å². The third-order valence-electron chi connectivity index (χ3n) is 3.94. The van der Waals surface area contributed by atoms with E-state index in [1.165, 1.54) is 0 Å². The van der Waals surface area contributed by atoms with E-state index in [0.29, 0.717) is 18.4 Å². The summed E-state index contributed by atoms with van der Waals surface area (Å²) in [6, 6.07) is 0.349. The first kappa shape index (κ1) is 9.97. The molecule has 2 saturated heterocycles. The van der Waals surface area contributed by atoms with E-state index in [-0.39, 0.29) is 11.3 Å². The Labute approximate surface area is 85.2 Å². The van der Waals surface area contributed by atoms with Gasteiger partial charge in [0.05, 0.1) is 6.61 Å². The second-order valence-corrected chi connectivity index (χ2v) is 4.77. The monoisotopic (exact) mass is 197 g/mol. The molecule has 0 aromatic rings. The van der Waals surface area contributed by atoms with E-state index in [4.69, 9.17) is 4.74 Å². The molecule has 0 aromatic heterocycles. The highest BCUT2D eigenvalue weighted by Crippen LogP contribution is 2.43. The summed E-state index contributed by atoms with van der Waals surface area (Å²) < 4.78 is 5.42. The minimum absolute atomic E-state index is 0.127. The molecule has 1 N–H and O–H groups in total. The van der Waals surface area contributed by atoms with Crippen molar-refractivity contribution in [1.82, 2.24) is 5.32 Å². The van der Waals surface area contributed by atoms with Crippen molar-refractivity contribution in [3.63, 3.8) is 0 Å². The van der Waals surface area contributed by atoms with Gasteiger partial charge >= 0.3 is 0 Å². The van der Waals surface area contributed by atoms with E-state index in [9.17, 15) is 4.79 Å². The van der Waals surface area contributed by atoms with Gasteiger partial charge in [-0.15, -0.1) is 0 Å². The molecule has 1 amide bonds. The van der Waals surface area contributed by atoms with Crippen LogP contribution in [-0.4, -0.2) is 25.2 Å². The number of rotatable bonds is 2. The lowest BCUT2D eigenvalue weighted by Crippen LogP contribution is -2.40.